The minimum atomic E-state index is -4.66. The van der Waals surface area contributed by atoms with Crippen LogP contribution in [0.15, 0.2) is 28.7 Å². The highest BCUT2D eigenvalue weighted by Gasteiger charge is 2.38. The molecule has 1 saturated heterocycles. The van der Waals surface area contributed by atoms with Crippen LogP contribution in [0, 0.1) is 0 Å². The summed E-state index contributed by atoms with van der Waals surface area (Å²) in [4.78, 5) is 12.9. The first-order valence-electron chi connectivity index (χ1n) is 4.87. The van der Waals surface area contributed by atoms with Gasteiger partial charge in [-0.2, -0.15) is 8.42 Å². The molecular weight excluding hydrogens is 313 g/mol. The Hall–Kier alpha value is -0.950. The lowest BCUT2D eigenvalue weighted by Gasteiger charge is -2.15. The number of rotatable bonds is 2. The number of carbonyl (C=O) groups is 1. The van der Waals surface area contributed by atoms with Crippen LogP contribution >= 0.6 is 15.9 Å². The van der Waals surface area contributed by atoms with E-state index in [2.05, 4.69) is 15.9 Å². The lowest BCUT2D eigenvalue weighted by atomic mass is 10.3. The molecular formula is C10H9BrFNO3S. The van der Waals surface area contributed by atoms with Crippen molar-refractivity contribution in [1.29, 1.82) is 0 Å². The molecule has 1 aromatic carbocycles. The Kier molecular flexibility index (Phi) is 3.22. The minimum absolute atomic E-state index is 0.126. The summed E-state index contributed by atoms with van der Waals surface area (Å²) in [7, 11) is -4.66. The molecule has 1 amide bonds. The summed E-state index contributed by atoms with van der Waals surface area (Å²) >= 11 is 3.25. The van der Waals surface area contributed by atoms with E-state index in [4.69, 9.17) is 0 Å². The van der Waals surface area contributed by atoms with E-state index < -0.39 is 15.5 Å². The van der Waals surface area contributed by atoms with Gasteiger partial charge in [0.25, 0.3) is 0 Å². The lowest BCUT2D eigenvalue weighted by Crippen LogP contribution is -2.26. The predicted octanol–water partition coefficient (Wildman–Crippen LogP) is 1.85. The molecule has 17 heavy (non-hydrogen) atoms. The highest BCUT2D eigenvalue weighted by Crippen LogP contribution is 2.26. The van der Waals surface area contributed by atoms with Crippen LogP contribution in [0.5, 0.6) is 0 Å². The van der Waals surface area contributed by atoms with Crippen molar-refractivity contribution in [3.05, 3.63) is 28.7 Å². The molecule has 0 N–H and O–H groups in total. The van der Waals surface area contributed by atoms with Crippen LogP contribution in [0.3, 0.4) is 0 Å². The van der Waals surface area contributed by atoms with Gasteiger partial charge >= 0.3 is 10.2 Å². The maximum atomic E-state index is 12.8. The molecule has 1 aromatic rings. The number of anilines is 1. The van der Waals surface area contributed by atoms with Crippen molar-refractivity contribution in [3.8, 4) is 0 Å². The van der Waals surface area contributed by atoms with Crippen molar-refractivity contribution in [2.75, 3.05) is 11.4 Å². The van der Waals surface area contributed by atoms with Gasteiger partial charge in [-0.3, -0.25) is 4.79 Å². The van der Waals surface area contributed by atoms with Crippen molar-refractivity contribution in [3.63, 3.8) is 0 Å². The zero-order valence-corrected chi connectivity index (χ0v) is 11.0. The summed E-state index contributed by atoms with van der Waals surface area (Å²) < 4.78 is 35.2. The van der Waals surface area contributed by atoms with Gasteiger partial charge in [0.15, 0.2) is 0 Å². The highest BCUT2D eigenvalue weighted by molar-refractivity contribution is 9.10. The van der Waals surface area contributed by atoms with E-state index in [9.17, 15) is 17.1 Å². The topological polar surface area (TPSA) is 54.5 Å². The molecule has 1 unspecified atom stereocenters. The average Bonchev–Trinajstić information content (AvgIpc) is 2.61. The molecule has 0 aliphatic carbocycles. The molecule has 92 valence electrons. The normalized spacial score (nSPS) is 20.9. The number of hydrogen-bond donors (Lipinski definition) is 0. The maximum Gasteiger partial charge on any atom is 0.307 e. The van der Waals surface area contributed by atoms with Crippen molar-refractivity contribution in [2.45, 2.75) is 11.7 Å². The number of carbonyl (C=O) groups excluding carboxylic acids is 1. The molecule has 1 heterocycles. The fourth-order valence-electron chi connectivity index (χ4n) is 1.73. The molecule has 1 fully saturated rings. The van der Waals surface area contributed by atoms with Gasteiger partial charge < -0.3 is 4.90 Å². The third-order valence-electron chi connectivity index (χ3n) is 2.63. The number of amides is 1. The smallest absolute Gasteiger partial charge is 0.307 e. The fourth-order valence-corrected chi connectivity index (χ4v) is 2.67. The van der Waals surface area contributed by atoms with E-state index in [0.717, 1.165) is 4.47 Å². The van der Waals surface area contributed by atoms with Crippen LogP contribution in [0.1, 0.15) is 6.42 Å². The van der Waals surface area contributed by atoms with Gasteiger partial charge in [0.1, 0.15) is 5.25 Å². The van der Waals surface area contributed by atoms with Gasteiger partial charge in [0.05, 0.1) is 0 Å². The summed E-state index contributed by atoms with van der Waals surface area (Å²) in [5.74, 6) is -0.376. The summed E-state index contributed by atoms with van der Waals surface area (Å²) in [6, 6.07) is 6.82. The van der Waals surface area contributed by atoms with E-state index >= 15 is 0 Å². The molecule has 0 aromatic heterocycles. The monoisotopic (exact) mass is 321 g/mol. The van der Waals surface area contributed by atoms with Crippen molar-refractivity contribution >= 4 is 37.7 Å². The standard InChI is InChI=1S/C10H9BrFNO3S/c11-7-1-3-8(4-2-7)13-6-9(5-10(13)14)17(12,15)16/h1-4,9H,5-6H2. The minimum Gasteiger partial charge on any atom is -0.311 e. The molecule has 1 aliphatic rings. The maximum absolute atomic E-state index is 12.8. The van der Waals surface area contributed by atoms with Crippen LogP contribution in [0.2, 0.25) is 0 Å². The SMILES string of the molecule is O=C1CC(S(=O)(=O)F)CN1c1ccc(Br)cc1. The Bertz CT molecular complexity index is 543. The zero-order chi connectivity index (χ0) is 12.6. The molecule has 0 saturated carbocycles. The average molecular weight is 322 g/mol. The Morgan fingerprint density at radius 3 is 2.35 bits per heavy atom. The van der Waals surface area contributed by atoms with Crippen LogP contribution in [-0.4, -0.2) is 26.1 Å². The Balaban J connectivity index is 2.24. The summed E-state index contributed by atoms with van der Waals surface area (Å²) in [5.41, 5.74) is 0.573. The van der Waals surface area contributed by atoms with Gasteiger partial charge in [-0.25, -0.2) is 0 Å². The van der Waals surface area contributed by atoms with Crippen LogP contribution in [0.4, 0.5) is 9.57 Å². The van der Waals surface area contributed by atoms with E-state index in [-0.39, 0.29) is 18.9 Å². The quantitative estimate of drug-likeness (QED) is 0.781. The van der Waals surface area contributed by atoms with Crippen LogP contribution < -0.4 is 4.90 Å². The largest absolute Gasteiger partial charge is 0.311 e. The molecule has 0 radical (unpaired) electrons. The van der Waals surface area contributed by atoms with E-state index in [0.29, 0.717) is 5.69 Å². The number of nitrogens with zero attached hydrogens (tertiary/aromatic N) is 1. The second kappa shape index (κ2) is 4.38. The summed E-state index contributed by atoms with van der Waals surface area (Å²) in [6.07, 6.45) is -0.297. The lowest BCUT2D eigenvalue weighted by molar-refractivity contribution is -0.117. The first-order valence-corrected chi connectivity index (χ1v) is 7.11. The zero-order valence-electron chi connectivity index (χ0n) is 8.64. The van der Waals surface area contributed by atoms with Crippen LogP contribution in [0.25, 0.3) is 0 Å². The third-order valence-corrected chi connectivity index (χ3v) is 4.27. The fraction of sp³-hybridized carbons (Fsp3) is 0.300. The number of hydrogen-bond acceptors (Lipinski definition) is 3. The van der Waals surface area contributed by atoms with E-state index in [1.54, 1.807) is 24.3 Å². The van der Waals surface area contributed by atoms with E-state index in [1.807, 2.05) is 0 Å². The molecule has 2 rings (SSSR count). The van der Waals surface area contributed by atoms with Gasteiger partial charge in [0.2, 0.25) is 5.91 Å². The Morgan fingerprint density at radius 1 is 1.29 bits per heavy atom. The second-order valence-corrected chi connectivity index (χ2v) is 6.32. The number of halogens is 2. The van der Waals surface area contributed by atoms with E-state index in [1.165, 1.54) is 4.90 Å². The molecule has 7 heteroatoms. The number of benzene rings is 1. The Morgan fingerprint density at radius 2 is 1.88 bits per heavy atom. The highest BCUT2D eigenvalue weighted by atomic mass is 79.9. The molecule has 0 bridgehead atoms. The van der Waals surface area contributed by atoms with Crippen molar-refractivity contribution < 1.29 is 17.1 Å². The first-order chi connectivity index (χ1) is 7.88. The first kappa shape index (κ1) is 12.5. The third kappa shape index (κ3) is 2.66. The second-order valence-electron chi connectivity index (χ2n) is 3.78. The predicted molar refractivity (Wildman–Crippen MR) is 64.9 cm³/mol. The van der Waals surface area contributed by atoms with Gasteiger partial charge in [-0.05, 0) is 24.3 Å². The summed E-state index contributed by atoms with van der Waals surface area (Å²) in [5, 5.41) is -1.25. The molecule has 4 nitrogen and oxygen atoms in total. The van der Waals surface area contributed by atoms with Crippen molar-refractivity contribution in [2.24, 2.45) is 0 Å². The molecule has 0 spiro atoms. The molecule has 1 aliphatic heterocycles. The van der Waals surface area contributed by atoms with Gasteiger partial charge in [-0.15, -0.1) is 3.89 Å². The van der Waals surface area contributed by atoms with Crippen molar-refractivity contribution in [1.82, 2.24) is 0 Å². The Labute approximate surface area is 107 Å². The molecule has 1 atom stereocenters. The summed E-state index contributed by atoms with van der Waals surface area (Å²) in [6.45, 7) is -0.126. The van der Waals surface area contributed by atoms with Gasteiger partial charge in [0, 0.05) is 23.1 Å². The van der Waals surface area contributed by atoms with Crippen LogP contribution in [-0.2, 0) is 15.0 Å². The van der Waals surface area contributed by atoms with Gasteiger partial charge in [-0.1, -0.05) is 15.9 Å².